The number of hydrogen-bond acceptors (Lipinski definition) is 4. The van der Waals surface area contributed by atoms with Crippen LogP contribution in [0, 0.1) is 0 Å². The zero-order chi connectivity index (χ0) is 21.4. The van der Waals surface area contributed by atoms with Gasteiger partial charge < -0.3 is 20.1 Å². The lowest BCUT2D eigenvalue weighted by Crippen LogP contribution is -2.45. The summed E-state index contributed by atoms with van der Waals surface area (Å²) in [4.78, 5) is 5.63. The second kappa shape index (κ2) is 10.6. The Morgan fingerprint density at radius 2 is 1.93 bits per heavy atom. The number of aliphatic imine (C=N–C) groups is 1. The zero-order valence-corrected chi connectivity index (χ0v) is 17.5. The van der Waals surface area contributed by atoms with E-state index >= 15 is 0 Å². The van der Waals surface area contributed by atoms with E-state index in [2.05, 4.69) is 15.6 Å². The lowest BCUT2D eigenvalue weighted by Gasteiger charge is -2.23. The van der Waals surface area contributed by atoms with Gasteiger partial charge in [0.25, 0.3) is 0 Å². The molecule has 1 heterocycles. The van der Waals surface area contributed by atoms with Gasteiger partial charge in [0, 0.05) is 26.2 Å². The summed E-state index contributed by atoms with van der Waals surface area (Å²) in [6.45, 7) is 6.79. The van der Waals surface area contributed by atoms with Crippen molar-refractivity contribution in [2.24, 2.45) is 4.99 Å². The third kappa shape index (κ3) is 7.30. The van der Waals surface area contributed by atoms with E-state index in [9.17, 15) is 13.2 Å². The van der Waals surface area contributed by atoms with Crippen LogP contribution in [0.15, 0.2) is 23.2 Å². The van der Waals surface area contributed by atoms with Crippen LogP contribution in [-0.4, -0.2) is 63.0 Å². The van der Waals surface area contributed by atoms with Crippen molar-refractivity contribution in [3.8, 4) is 11.5 Å². The number of halogens is 3. The summed E-state index contributed by atoms with van der Waals surface area (Å²) >= 11 is 0. The number of benzene rings is 1. The number of hydrogen-bond donors (Lipinski definition) is 2. The maximum absolute atomic E-state index is 12.6. The molecule has 2 unspecified atom stereocenters. The van der Waals surface area contributed by atoms with Gasteiger partial charge in [0.15, 0.2) is 17.5 Å². The molecule has 0 radical (unpaired) electrons. The van der Waals surface area contributed by atoms with Crippen molar-refractivity contribution in [2.75, 3.05) is 39.9 Å². The van der Waals surface area contributed by atoms with Gasteiger partial charge in [-0.3, -0.25) is 9.89 Å². The van der Waals surface area contributed by atoms with E-state index in [1.54, 1.807) is 7.05 Å². The minimum absolute atomic E-state index is 0.0740. The van der Waals surface area contributed by atoms with E-state index in [-0.39, 0.29) is 12.1 Å². The van der Waals surface area contributed by atoms with Crippen molar-refractivity contribution in [3.63, 3.8) is 0 Å². The van der Waals surface area contributed by atoms with Gasteiger partial charge in [-0.25, -0.2) is 0 Å². The number of likely N-dealkylation sites (tertiary alicyclic amines) is 1. The predicted molar refractivity (Wildman–Crippen MR) is 108 cm³/mol. The average Bonchev–Trinajstić information content (AvgIpc) is 3.07. The lowest BCUT2D eigenvalue weighted by molar-refractivity contribution is -0.143. The average molecular weight is 416 g/mol. The molecule has 6 nitrogen and oxygen atoms in total. The Labute approximate surface area is 170 Å². The van der Waals surface area contributed by atoms with Gasteiger partial charge in [-0.2, -0.15) is 13.2 Å². The summed E-state index contributed by atoms with van der Waals surface area (Å²) in [5.74, 6) is 1.94. The highest BCUT2D eigenvalue weighted by molar-refractivity contribution is 5.80. The van der Waals surface area contributed by atoms with Crippen LogP contribution in [-0.2, 0) is 0 Å². The van der Waals surface area contributed by atoms with Gasteiger partial charge in [0.05, 0.1) is 25.8 Å². The van der Waals surface area contributed by atoms with E-state index in [1.807, 2.05) is 39.0 Å². The molecule has 0 aromatic heterocycles. The van der Waals surface area contributed by atoms with Crippen LogP contribution < -0.4 is 20.1 Å². The van der Waals surface area contributed by atoms with Gasteiger partial charge in [0.1, 0.15) is 0 Å². The summed E-state index contributed by atoms with van der Waals surface area (Å²) in [5.41, 5.74) is 0.991. The minimum Gasteiger partial charge on any atom is -0.490 e. The van der Waals surface area contributed by atoms with E-state index in [0.717, 1.165) is 5.56 Å². The number of nitrogens with one attached hydrogen (secondary N) is 2. The quantitative estimate of drug-likeness (QED) is 0.503. The minimum atomic E-state index is -4.17. The van der Waals surface area contributed by atoms with Crippen LogP contribution in [0.1, 0.15) is 38.8 Å². The van der Waals surface area contributed by atoms with Crippen molar-refractivity contribution < 1.29 is 22.6 Å². The van der Waals surface area contributed by atoms with Crippen molar-refractivity contribution >= 4 is 5.96 Å². The topological polar surface area (TPSA) is 58.1 Å². The van der Waals surface area contributed by atoms with Crippen LogP contribution >= 0.6 is 0 Å². The van der Waals surface area contributed by atoms with Crippen LogP contribution in [0.25, 0.3) is 0 Å². The molecule has 2 N–H and O–H groups in total. The second-order valence-electron chi connectivity index (χ2n) is 6.99. The first-order valence-electron chi connectivity index (χ1n) is 9.94. The smallest absolute Gasteiger partial charge is 0.401 e. The highest BCUT2D eigenvalue weighted by atomic mass is 19.4. The Kier molecular flexibility index (Phi) is 8.43. The van der Waals surface area contributed by atoms with Gasteiger partial charge >= 0.3 is 6.18 Å². The number of rotatable bonds is 8. The van der Waals surface area contributed by atoms with Crippen molar-refractivity contribution in [1.82, 2.24) is 15.5 Å². The van der Waals surface area contributed by atoms with Gasteiger partial charge in [-0.15, -0.1) is 0 Å². The Morgan fingerprint density at radius 3 is 2.55 bits per heavy atom. The van der Waals surface area contributed by atoms with E-state index in [1.165, 1.54) is 4.90 Å². The number of ether oxygens (including phenoxy) is 2. The monoisotopic (exact) mass is 416 g/mol. The van der Waals surface area contributed by atoms with Crippen molar-refractivity contribution in [3.05, 3.63) is 23.8 Å². The molecule has 0 aliphatic carbocycles. The summed E-state index contributed by atoms with van der Waals surface area (Å²) in [7, 11) is 1.65. The molecule has 0 spiro atoms. The van der Waals surface area contributed by atoms with Crippen LogP contribution in [0.5, 0.6) is 11.5 Å². The van der Waals surface area contributed by atoms with Crippen LogP contribution in [0.2, 0.25) is 0 Å². The summed E-state index contributed by atoms with van der Waals surface area (Å²) in [6, 6.07) is 5.61. The fourth-order valence-electron chi connectivity index (χ4n) is 3.34. The number of nitrogens with zero attached hydrogens (tertiary/aromatic N) is 2. The number of guanidine groups is 1. The molecule has 29 heavy (non-hydrogen) atoms. The SMILES string of the molecule is CCOc1ccc(C(C)NC(=NC)NC2CCN(CC(F)(F)F)C2)cc1OCC. The molecule has 0 bridgehead atoms. The van der Waals surface area contributed by atoms with Crippen LogP contribution in [0.3, 0.4) is 0 Å². The maximum Gasteiger partial charge on any atom is 0.401 e. The molecule has 1 aliphatic heterocycles. The largest absolute Gasteiger partial charge is 0.490 e. The predicted octanol–water partition coefficient (Wildman–Crippen LogP) is 3.35. The first-order chi connectivity index (χ1) is 13.8. The third-order valence-electron chi connectivity index (χ3n) is 4.66. The normalized spacial score (nSPS) is 19.1. The Hall–Kier alpha value is -2.16. The van der Waals surface area contributed by atoms with Crippen molar-refractivity contribution in [2.45, 2.75) is 45.5 Å². The summed E-state index contributed by atoms with van der Waals surface area (Å²) in [6.07, 6.45) is -3.53. The first-order valence-corrected chi connectivity index (χ1v) is 9.94. The fourth-order valence-corrected chi connectivity index (χ4v) is 3.34. The Bertz CT molecular complexity index is 682. The second-order valence-corrected chi connectivity index (χ2v) is 6.99. The molecule has 2 rings (SSSR count). The van der Waals surface area contributed by atoms with E-state index in [4.69, 9.17) is 9.47 Å². The molecule has 9 heteroatoms. The summed E-state index contributed by atoms with van der Waals surface area (Å²) < 4.78 is 49.0. The molecule has 1 aliphatic rings. The van der Waals surface area contributed by atoms with Gasteiger partial charge in [-0.05, 0) is 44.9 Å². The first kappa shape index (κ1) is 23.1. The maximum atomic E-state index is 12.6. The van der Waals surface area contributed by atoms with Gasteiger partial charge in [-0.1, -0.05) is 6.07 Å². The molecule has 1 saturated heterocycles. The third-order valence-corrected chi connectivity index (χ3v) is 4.66. The molecule has 164 valence electrons. The van der Waals surface area contributed by atoms with E-state index < -0.39 is 12.7 Å². The molecule has 0 amide bonds. The standard InChI is InChI=1S/C20H31F3N4O2/c1-5-28-17-8-7-15(11-18(17)29-6-2)14(3)25-19(24-4)26-16-9-10-27(12-16)13-20(21,22)23/h7-8,11,14,16H,5-6,9-10,12-13H2,1-4H3,(H2,24,25,26). The molecule has 0 saturated carbocycles. The highest BCUT2D eigenvalue weighted by Gasteiger charge is 2.34. The molecule has 1 aromatic rings. The van der Waals surface area contributed by atoms with E-state index in [0.29, 0.717) is 50.2 Å². The zero-order valence-electron chi connectivity index (χ0n) is 17.5. The molecular weight excluding hydrogens is 385 g/mol. The fraction of sp³-hybridized carbons (Fsp3) is 0.650. The van der Waals surface area contributed by atoms with Gasteiger partial charge in [0.2, 0.25) is 0 Å². The molecule has 1 fully saturated rings. The lowest BCUT2D eigenvalue weighted by atomic mass is 10.1. The summed E-state index contributed by atoms with van der Waals surface area (Å²) in [5, 5.41) is 6.52. The van der Waals surface area contributed by atoms with Crippen LogP contribution in [0.4, 0.5) is 13.2 Å². The molecular formula is C20H31F3N4O2. The van der Waals surface area contributed by atoms with Crippen molar-refractivity contribution in [1.29, 1.82) is 0 Å². The highest BCUT2D eigenvalue weighted by Crippen LogP contribution is 2.30. The molecule has 1 aromatic carbocycles. The Morgan fingerprint density at radius 1 is 1.24 bits per heavy atom. The number of alkyl halides is 3. The molecule has 2 atom stereocenters. The Balaban J connectivity index is 1.96.